The van der Waals surface area contributed by atoms with Gasteiger partial charge in [0.25, 0.3) is 0 Å². The molecule has 1 N–H and O–H groups in total. The van der Waals surface area contributed by atoms with Crippen molar-refractivity contribution in [3.8, 4) is 6.07 Å². The summed E-state index contributed by atoms with van der Waals surface area (Å²) in [6.07, 6.45) is 3.44. The van der Waals surface area contributed by atoms with Crippen molar-refractivity contribution in [1.29, 1.82) is 5.26 Å². The number of carbonyl (C=O) groups is 1. The summed E-state index contributed by atoms with van der Waals surface area (Å²) >= 11 is 0. The van der Waals surface area contributed by atoms with Crippen molar-refractivity contribution in [2.45, 2.75) is 39.5 Å². The molecule has 0 aromatic heterocycles. The first-order valence-electron chi connectivity index (χ1n) is 6.31. The second-order valence-corrected chi connectivity index (χ2v) is 5.55. The van der Waals surface area contributed by atoms with Crippen LogP contribution in [0.4, 0.5) is 0 Å². The highest BCUT2D eigenvalue weighted by atomic mass is 16.4. The highest BCUT2D eigenvalue weighted by Crippen LogP contribution is 2.22. The first-order valence-corrected chi connectivity index (χ1v) is 6.31. The molecule has 0 atom stereocenters. The minimum absolute atomic E-state index is 0.151. The van der Waals surface area contributed by atoms with E-state index in [1.54, 1.807) is 0 Å². The molecule has 96 valence electrons. The zero-order valence-electron chi connectivity index (χ0n) is 10.8. The summed E-state index contributed by atoms with van der Waals surface area (Å²) in [6.45, 7) is 6.67. The zero-order valence-corrected chi connectivity index (χ0v) is 10.8. The number of carboxylic acid groups (broad SMARTS) is 1. The minimum atomic E-state index is -0.657. The quantitative estimate of drug-likeness (QED) is 0.796. The van der Waals surface area contributed by atoms with E-state index in [4.69, 9.17) is 10.4 Å². The lowest BCUT2D eigenvalue weighted by Gasteiger charge is -2.30. The van der Waals surface area contributed by atoms with Gasteiger partial charge >= 0.3 is 5.97 Å². The van der Waals surface area contributed by atoms with Gasteiger partial charge in [-0.15, -0.1) is 0 Å². The van der Waals surface area contributed by atoms with E-state index in [0.717, 1.165) is 45.3 Å². The van der Waals surface area contributed by atoms with Crippen LogP contribution in [0.3, 0.4) is 0 Å². The molecule has 0 bridgehead atoms. The lowest BCUT2D eigenvalue weighted by molar-refractivity contribution is -0.143. The third-order valence-electron chi connectivity index (χ3n) is 3.52. The Kier molecular flexibility index (Phi) is 4.95. The molecule has 0 saturated carbocycles. The predicted molar refractivity (Wildman–Crippen MR) is 65.4 cm³/mol. The predicted octanol–water partition coefficient (Wildman–Crippen LogP) is 2.11. The molecule has 1 aliphatic rings. The van der Waals surface area contributed by atoms with Crippen LogP contribution in [0.25, 0.3) is 0 Å². The third-order valence-corrected chi connectivity index (χ3v) is 3.52. The second kappa shape index (κ2) is 6.02. The van der Waals surface area contributed by atoms with Gasteiger partial charge in [-0.25, -0.2) is 0 Å². The molecule has 0 aliphatic carbocycles. The normalized spacial score (nSPS) is 18.9. The lowest BCUT2D eigenvalue weighted by Crippen LogP contribution is -2.37. The van der Waals surface area contributed by atoms with Crippen LogP contribution in [0, 0.1) is 22.7 Å². The molecular weight excluding hydrogens is 216 g/mol. The van der Waals surface area contributed by atoms with Crippen molar-refractivity contribution < 1.29 is 9.90 Å². The van der Waals surface area contributed by atoms with Crippen LogP contribution < -0.4 is 0 Å². The molecule has 1 fully saturated rings. The Balaban J connectivity index is 2.19. The maximum Gasteiger partial charge on any atom is 0.306 e. The topological polar surface area (TPSA) is 64.3 Å². The molecule has 0 aromatic rings. The Bertz CT molecular complexity index is 299. The summed E-state index contributed by atoms with van der Waals surface area (Å²) in [5.41, 5.74) is -0.237. The maximum absolute atomic E-state index is 10.8. The fourth-order valence-electron chi connectivity index (χ4n) is 2.20. The van der Waals surface area contributed by atoms with Crippen molar-refractivity contribution in [3.05, 3.63) is 0 Å². The standard InChI is InChI=1S/C13H22N2O2/c1-13(2,10-14)6-3-7-15-8-4-11(5-9-15)12(16)17/h11H,3-9H2,1-2H3,(H,16,17). The van der Waals surface area contributed by atoms with Crippen molar-refractivity contribution in [1.82, 2.24) is 4.90 Å². The molecule has 1 aliphatic heterocycles. The molecule has 0 spiro atoms. The number of carboxylic acids is 1. The van der Waals surface area contributed by atoms with Gasteiger partial charge in [-0.3, -0.25) is 4.79 Å². The van der Waals surface area contributed by atoms with Gasteiger partial charge in [-0.05, 0) is 59.2 Å². The summed E-state index contributed by atoms with van der Waals surface area (Å²) in [6, 6.07) is 2.30. The van der Waals surface area contributed by atoms with E-state index in [1.165, 1.54) is 0 Å². The molecule has 0 aromatic carbocycles. The zero-order chi connectivity index (χ0) is 12.9. The number of aliphatic carboxylic acids is 1. The van der Waals surface area contributed by atoms with E-state index < -0.39 is 5.97 Å². The van der Waals surface area contributed by atoms with Crippen LogP contribution in [0.15, 0.2) is 0 Å². The van der Waals surface area contributed by atoms with Gasteiger partial charge in [0.05, 0.1) is 17.4 Å². The van der Waals surface area contributed by atoms with Gasteiger partial charge in [0, 0.05) is 0 Å². The number of hydrogen-bond acceptors (Lipinski definition) is 3. The van der Waals surface area contributed by atoms with Crippen LogP contribution in [-0.4, -0.2) is 35.6 Å². The number of nitriles is 1. The molecule has 0 amide bonds. The molecule has 17 heavy (non-hydrogen) atoms. The van der Waals surface area contributed by atoms with Gasteiger partial charge in [-0.2, -0.15) is 5.26 Å². The Morgan fingerprint density at radius 3 is 2.53 bits per heavy atom. The van der Waals surface area contributed by atoms with E-state index in [-0.39, 0.29) is 11.3 Å². The highest BCUT2D eigenvalue weighted by molar-refractivity contribution is 5.70. The van der Waals surface area contributed by atoms with Crippen LogP contribution >= 0.6 is 0 Å². The average molecular weight is 238 g/mol. The van der Waals surface area contributed by atoms with E-state index in [9.17, 15) is 4.79 Å². The van der Waals surface area contributed by atoms with Crippen LogP contribution in [0.2, 0.25) is 0 Å². The molecule has 4 nitrogen and oxygen atoms in total. The van der Waals surface area contributed by atoms with E-state index >= 15 is 0 Å². The summed E-state index contributed by atoms with van der Waals surface area (Å²) in [5, 5.41) is 17.8. The van der Waals surface area contributed by atoms with E-state index in [2.05, 4.69) is 11.0 Å². The molecule has 4 heteroatoms. The van der Waals surface area contributed by atoms with Crippen molar-refractivity contribution in [2.75, 3.05) is 19.6 Å². The van der Waals surface area contributed by atoms with Crippen molar-refractivity contribution >= 4 is 5.97 Å². The molecular formula is C13H22N2O2. The van der Waals surface area contributed by atoms with Gasteiger partial charge < -0.3 is 10.0 Å². The Morgan fingerprint density at radius 2 is 2.06 bits per heavy atom. The third kappa shape index (κ3) is 4.74. The molecule has 0 radical (unpaired) electrons. The Morgan fingerprint density at radius 1 is 1.47 bits per heavy atom. The summed E-state index contributed by atoms with van der Waals surface area (Å²) < 4.78 is 0. The van der Waals surface area contributed by atoms with Crippen LogP contribution in [0.1, 0.15) is 39.5 Å². The first kappa shape index (κ1) is 14.0. The van der Waals surface area contributed by atoms with E-state index in [0.29, 0.717) is 0 Å². The fourth-order valence-corrected chi connectivity index (χ4v) is 2.20. The number of piperidine rings is 1. The number of nitrogens with zero attached hydrogens (tertiary/aromatic N) is 2. The number of rotatable bonds is 5. The summed E-state index contributed by atoms with van der Waals surface area (Å²) in [4.78, 5) is 13.1. The van der Waals surface area contributed by atoms with Gasteiger partial charge in [0.2, 0.25) is 0 Å². The van der Waals surface area contributed by atoms with Crippen LogP contribution in [-0.2, 0) is 4.79 Å². The monoisotopic (exact) mass is 238 g/mol. The molecule has 1 heterocycles. The highest BCUT2D eigenvalue weighted by Gasteiger charge is 2.24. The Labute approximate surface area is 103 Å². The summed E-state index contributed by atoms with van der Waals surface area (Å²) in [7, 11) is 0. The number of likely N-dealkylation sites (tertiary alicyclic amines) is 1. The van der Waals surface area contributed by atoms with Crippen LogP contribution in [0.5, 0.6) is 0 Å². The maximum atomic E-state index is 10.8. The summed E-state index contributed by atoms with van der Waals surface area (Å²) in [5.74, 6) is -0.808. The van der Waals surface area contributed by atoms with Crippen molar-refractivity contribution in [2.24, 2.45) is 11.3 Å². The average Bonchev–Trinajstić information content (AvgIpc) is 2.29. The smallest absolute Gasteiger partial charge is 0.306 e. The minimum Gasteiger partial charge on any atom is -0.481 e. The van der Waals surface area contributed by atoms with Gasteiger partial charge in [0.1, 0.15) is 0 Å². The van der Waals surface area contributed by atoms with Gasteiger partial charge in [0.15, 0.2) is 0 Å². The number of hydrogen-bond donors (Lipinski definition) is 1. The lowest BCUT2D eigenvalue weighted by atomic mass is 9.89. The second-order valence-electron chi connectivity index (χ2n) is 5.55. The van der Waals surface area contributed by atoms with Gasteiger partial charge in [-0.1, -0.05) is 0 Å². The largest absolute Gasteiger partial charge is 0.481 e. The Hall–Kier alpha value is -1.08. The molecule has 1 saturated heterocycles. The first-order chi connectivity index (χ1) is 7.94. The van der Waals surface area contributed by atoms with E-state index in [1.807, 2.05) is 13.8 Å². The van der Waals surface area contributed by atoms with Crippen molar-refractivity contribution in [3.63, 3.8) is 0 Å². The molecule has 1 rings (SSSR count). The fraction of sp³-hybridized carbons (Fsp3) is 0.846. The molecule has 0 unspecified atom stereocenters. The SMILES string of the molecule is CC(C)(C#N)CCCN1CCC(C(=O)O)CC1.